The fourth-order valence-electron chi connectivity index (χ4n) is 2.32. The molecule has 5 heteroatoms. The molecule has 0 bridgehead atoms. The Balaban J connectivity index is 2.20. The maximum atomic E-state index is 11.4. The summed E-state index contributed by atoms with van der Waals surface area (Å²) in [5.74, 6) is -0.192. The molecule has 1 heterocycles. The summed E-state index contributed by atoms with van der Waals surface area (Å²) in [5.41, 5.74) is 0.188. The maximum Gasteiger partial charge on any atom is 0.159 e. The molecule has 1 fully saturated rings. The average molecular weight is 268 g/mol. The van der Waals surface area contributed by atoms with Crippen molar-refractivity contribution in [2.24, 2.45) is 0 Å². The first-order chi connectivity index (χ1) is 8.30. The Kier molecular flexibility index (Phi) is 3.29. The van der Waals surface area contributed by atoms with E-state index in [9.17, 15) is 18.3 Å². The molecule has 0 saturated carbocycles. The van der Waals surface area contributed by atoms with Crippen LogP contribution in [0.25, 0.3) is 0 Å². The van der Waals surface area contributed by atoms with Gasteiger partial charge in [-0.25, -0.2) is 8.42 Å². The zero-order chi connectivity index (χ0) is 13.4. The molecule has 1 atom stereocenters. The second-order valence-electron chi connectivity index (χ2n) is 5.00. The molecule has 18 heavy (non-hydrogen) atoms. The van der Waals surface area contributed by atoms with Crippen molar-refractivity contribution < 1.29 is 18.3 Å². The summed E-state index contributed by atoms with van der Waals surface area (Å²) in [5, 5.41) is 10.2. The highest BCUT2D eigenvalue weighted by atomic mass is 32.2. The lowest BCUT2D eigenvalue weighted by molar-refractivity contribution is 0.0681. The number of aliphatic hydroxyl groups is 1. The molecule has 98 valence electrons. The van der Waals surface area contributed by atoms with Crippen LogP contribution in [0, 0.1) is 0 Å². The predicted molar refractivity (Wildman–Crippen MR) is 68.4 cm³/mol. The standard InChI is InChI=1S/C13H16O4S/c1-10(14)12-4-2-3-11(7-12)8-13(15)5-6-18(16,17)9-13/h2-4,7,15H,5-6,8-9H2,1H3. The van der Waals surface area contributed by atoms with Crippen LogP contribution >= 0.6 is 0 Å². The van der Waals surface area contributed by atoms with Crippen molar-refractivity contribution in [1.82, 2.24) is 0 Å². The monoisotopic (exact) mass is 268 g/mol. The van der Waals surface area contributed by atoms with Gasteiger partial charge in [0.05, 0.1) is 17.1 Å². The van der Waals surface area contributed by atoms with E-state index in [2.05, 4.69) is 0 Å². The lowest BCUT2D eigenvalue weighted by atomic mass is 9.93. The number of carbonyl (C=O) groups is 1. The van der Waals surface area contributed by atoms with Crippen molar-refractivity contribution in [3.8, 4) is 0 Å². The molecule has 0 amide bonds. The fourth-order valence-corrected chi connectivity index (χ4v) is 4.22. The van der Waals surface area contributed by atoms with Crippen LogP contribution < -0.4 is 0 Å². The number of ketones is 1. The number of carbonyl (C=O) groups excluding carboxylic acids is 1. The number of benzene rings is 1. The van der Waals surface area contributed by atoms with Gasteiger partial charge in [-0.1, -0.05) is 18.2 Å². The number of hydrogen-bond acceptors (Lipinski definition) is 4. The third-order valence-electron chi connectivity index (χ3n) is 3.23. The summed E-state index contributed by atoms with van der Waals surface area (Å²) in [6.07, 6.45) is 0.535. The van der Waals surface area contributed by atoms with Crippen LogP contribution in [-0.4, -0.2) is 36.4 Å². The minimum atomic E-state index is -3.12. The Labute approximate surface area is 107 Å². The quantitative estimate of drug-likeness (QED) is 0.830. The molecule has 1 aliphatic rings. The van der Waals surface area contributed by atoms with Crippen LogP contribution in [0.1, 0.15) is 29.3 Å². The molecule has 1 aromatic carbocycles. The number of rotatable bonds is 3. The third kappa shape index (κ3) is 2.97. The number of Topliss-reactive ketones (excluding diaryl/α,β-unsaturated/α-hetero) is 1. The number of sulfone groups is 1. The van der Waals surface area contributed by atoms with Crippen molar-refractivity contribution in [1.29, 1.82) is 0 Å². The Morgan fingerprint density at radius 3 is 2.72 bits per heavy atom. The Bertz CT molecular complexity index is 576. The molecule has 1 saturated heterocycles. The Morgan fingerprint density at radius 1 is 1.44 bits per heavy atom. The molecular formula is C13H16O4S. The van der Waals surface area contributed by atoms with Crippen LogP contribution in [0.2, 0.25) is 0 Å². The molecule has 4 nitrogen and oxygen atoms in total. The van der Waals surface area contributed by atoms with Crippen molar-refractivity contribution >= 4 is 15.6 Å². The van der Waals surface area contributed by atoms with Gasteiger partial charge < -0.3 is 5.11 Å². The molecule has 2 rings (SSSR count). The van der Waals surface area contributed by atoms with Crippen molar-refractivity contribution in [3.63, 3.8) is 0 Å². The first-order valence-corrected chi connectivity index (χ1v) is 7.65. The van der Waals surface area contributed by atoms with Gasteiger partial charge in [-0.05, 0) is 25.0 Å². The van der Waals surface area contributed by atoms with Crippen LogP contribution in [0.4, 0.5) is 0 Å². The minimum absolute atomic E-state index is 0.0376. The summed E-state index contributed by atoms with van der Waals surface area (Å²) < 4.78 is 22.8. The normalized spacial score (nSPS) is 26.1. The molecule has 1 aromatic rings. The van der Waals surface area contributed by atoms with Gasteiger partial charge in [0.25, 0.3) is 0 Å². The molecule has 1 N–H and O–H groups in total. The summed E-state index contributed by atoms with van der Waals surface area (Å²) in [6.45, 7) is 1.48. The van der Waals surface area contributed by atoms with Crippen LogP contribution in [0.5, 0.6) is 0 Å². The van der Waals surface area contributed by atoms with Gasteiger partial charge in [0.15, 0.2) is 15.6 Å². The zero-order valence-corrected chi connectivity index (χ0v) is 11.0. The van der Waals surface area contributed by atoms with E-state index in [4.69, 9.17) is 0 Å². The minimum Gasteiger partial charge on any atom is -0.388 e. The van der Waals surface area contributed by atoms with Crippen molar-refractivity contribution in [2.45, 2.75) is 25.4 Å². The van der Waals surface area contributed by atoms with Crippen LogP contribution in [-0.2, 0) is 16.3 Å². The molecule has 1 aliphatic heterocycles. The first-order valence-electron chi connectivity index (χ1n) is 5.82. The summed E-state index contributed by atoms with van der Waals surface area (Å²) in [6, 6.07) is 6.97. The van der Waals surface area contributed by atoms with Crippen LogP contribution in [0.15, 0.2) is 24.3 Å². The van der Waals surface area contributed by atoms with E-state index >= 15 is 0 Å². The van der Waals surface area contributed by atoms with Gasteiger partial charge >= 0.3 is 0 Å². The predicted octanol–water partition coefficient (Wildman–Crippen LogP) is 0.981. The van der Waals surface area contributed by atoms with Gasteiger partial charge in [0.1, 0.15) is 0 Å². The van der Waals surface area contributed by atoms with Gasteiger partial charge in [-0.3, -0.25) is 4.79 Å². The van der Waals surface area contributed by atoms with Gasteiger partial charge in [0, 0.05) is 12.0 Å². The SMILES string of the molecule is CC(=O)c1cccc(CC2(O)CCS(=O)(=O)C2)c1. The van der Waals surface area contributed by atoms with E-state index in [1.807, 2.05) is 0 Å². The smallest absolute Gasteiger partial charge is 0.159 e. The van der Waals surface area contributed by atoms with Gasteiger partial charge in [-0.2, -0.15) is 0 Å². The summed E-state index contributed by atoms with van der Waals surface area (Å²) in [4.78, 5) is 11.3. The Hall–Kier alpha value is -1.20. The lowest BCUT2D eigenvalue weighted by Gasteiger charge is -2.20. The van der Waals surface area contributed by atoms with E-state index in [0.29, 0.717) is 5.56 Å². The topological polar surface area (TPSA) is 71.4 Å². The second-order valence-corrected chi connectivity index (χ2v) is 7.18. The highest BCUT2D eigenvalue weighted by molar-refractivity contribution is 7.91. The summed E-state index contributed by atoms with van der Waals surface area (Å²) >= 11 is 0. The fraction of sp³-hybridized carbons (Fsp3) is 0.462. The molecule has 0 aromatic heterocycles. The van der Waals surface area contributed by atoms with E-state index in [0.717, 1.165) is 5.56 Å². The van der Waals surface area contributed by atoms with Gasteiger partial charge in [0.2, 0.25) is 0 Å². The van der Waals surface area contributed by atoms with Crippen LogP contribution in [0.3, 0.4) is 0 Å². The Morgan fingerprint density at radius 2 is 2.17 bits per heavy atom. The first kappa shape index (κ1) is 13.2. The maximum absolute atomic E-state index is 11.4. The third-order valence-corrected chi connectivity index (χ3v) is 5.04. The molecular weight excluding hydrogens is 252 g/mol. The number of hydrogen-bond donors (Lipinski definition) is 1. The molecule has 0 spiro atoms. The van der Waals surface area contributed by atoms with Crippen molar-refractivity contribution in [3.05, 3.63) is 35.4 Å². The zero-order valence-electron chi connectivity index (χ0n) is 10.2. The molecule has 0 radical (unpaired) electrons. The highest BCUT2D eigenvalue weighted by Gasteiger charge is 2.40. The summed E-state index contributed by atoms with van der Waals surface area (Å²) in [7, 11) is -3.12. The highest BCUT2D eigenvalue weighted by Crippen LogP contribution is 2.27. The van der Waals surface area contributed by atoms with E-state index < -0.39 is 15.4 Å². The van der Waals surface area contributed by atoms with E-state index in [-0.39, 0.29) is 30.1 Å². The van der Waals surface area contributed by atoms with E-state index in [1.54, 1.807) is 24.3 Å². The molecule has 0 aliphatic carbocycles. The van der Waals surface area contributed by atoms with Crippen molar-refractivity contribution in [2.75, 3.05) is 11.5 Å². The van der Waals surface area contributed by atoms with Gasteiger partial charge in [-0.15, -0.1) is 0 Å². The lowest BCUT2D eigenvalue weighted by Crippen LogP contribution is -2.32. The van der Waals surface area contributed by atoms with E-state index in [1.165, 1.54) is 6.92 Å². The molecule has 1 unspecified atom stereocenters. The largest absolute Gasteiger partial charge is 0.388 e. The second kappa shape index (κ2) is 4.48. The average Bonchev–Trinajstić information content (AvgIpc) is 2.53.